The van der Waals surface area contributed by atoms with E-state index in [9.17, 15) is 0 Å². The smallest absolute Gasteiger partial charge is 0.128 e. The Hall–Kier alpha value is -2.48. The van der Waals surface area contributed by atoms with Crippen molar-refractivity contribution in [1.29, 1.82) is 0 Å². The SMILES string of the molecule is CCCCN(P(c1ccccc1OC)c1ccc(C2C[C@@H](c3ccccc3)P(N(CCCC)P(c3cccs3)c3cccs3)[C@@H]2c2ccccc2)cc1OC)P1CCC[C@H]1CC. The number of benzene rings is 4. The summed E-state index contributed by atoms with van der Waals surface area (Å²) < 4.78 is 22.0. The van der Waals surface area contributed by atoms with E-state index in [1.54, 1.807) is 0 Å². The van der Waals surface area contributed by atoms with Crippen molar-refractivity contribution in [3.8, 4) is 11.5 Å². The summed E-state index contributed by atoms with van der Waals surface area (Å²) >= 11 is 3.89. The maximum Gasteiger partial charge on any atom is 0.128 e. The fraction of sp³-hybridized carbons (Fsp3) is 0.385. The minimum absolute atomic E-state index is 0.295. The molecule has 4 heterocycles. The van der Waals surface area contributed by atoms with Crippen LogP contribution in [0.15, 0.2) is 138 Å². The molecule has 6 aromatic rings. The summed E-state index contributed by atoms with van der Waals surface area (Å²) in [7, 11) is 1.15. The van der Waals surface area contributed by atoms with Gasteiger partial charge >= 0.3 is 0 Å². The first kappa shape index (κ1) is 46.1. The Bertz CT molecular complexity index is 2210. The van der Waals surface area contributed by atoms with E-state index in [0.29, 0.717) is 17.2 Å². The molecule has 0 aliphatic carbocycles. The van der Waals surface area contributed by atoms with Crippen molar-refractivity contribution >= 4 is 74.8 Å². The van der Waals surface area contributed by atoms with Crippen LogP contribution in [0.2, 0.25) is 0 Å². The number of unbranched alkanes of at least 4 members (excludes halogenated alkanes) is 2. The van der Waals surface area contributed by atoms with Gasteiger partial charge in [0.05, 0.1) is 22.3 Å². The lowest BCUT2D eigenvalue weighted by molar-refractivity contribution is 0.416. The Kier molecular flexibility index (Phi) is 16.8. The number of methoxy groups -OCH3 is 2. The van der Waals surface area contributed by atoms with Gasteiger partial charge in [0.15, 0.2) is 0 Å². The van der Waals surface area contributed by atoms with E-state index in [0.717, 1.165) is 36.7 Å². The van der Waals surface area contributed by atoms with Crippen molar-refractivity contribution in [1.82, 2.24) is 8.88 Å². The summed E-state index contributed by atoms with van der Waals surface area (Å²) in [6.07, 6.45) is 11.1. The Balaban J connectivity index is 1.30. The molecule has 10 heteroatoms. The molecule has 0 radical (unpaired) electrons. The van der Waals surface area contributed by atoms with Crippen molar-refractivity contribution in [2.75, 3.05) is 33.5 Å². The monoisotopic (exact) mass is 936 g/mol. The molecule has 2 saturated heterocycles. The van der Waals surface area contributed by atoms with Crippen molar-refractivity contribution in [3.05, 3.63) is 155 Å². The summed E-state index contributed by atoms with van der Waals surface area (Å²) in [6.45, 7) is 9.33. The summed E-state index contributed by atoms with van der Waals surface area (Å²) in [5.41, 5.74) is 5.89. The molecule has 0 saturated carbocycles. The molecule has 2 fully saturated rings. The van der Waals surface area contributed by atoms with Gasteiger partial charge < -0.3 is 9.47 Å². The van der Waals surface area contributed by atoms with E-state index in [1.165, 1.54) is 87.6 Å². The van der Waals surface area contributed by atoms with E-state index in [-0.39, 0.29) is 8.07 Å². The molecule has 0 bridgehead atoms. The lowest BCUT2D eigenvalue weighted by Gasteiger charge is -2.42. The van der Waals surface area contributed by atoms with Gasteiger partial charge in [-0.2, -0.15) is 0 Å². The van der Waals surface area contributed by atoms with Gasteiger partial charge in [-0.15, -0.1) is 22.7 Å². The Morgan fingerprint density at radius 3 is 1.85 bits per heavy atom. The van der Waals surface area contributed by atoms with E-state index < -0.39 is 24.2 Å². The van der Waals surface area contributed by atoms with Crippen LogP contribution in [0.25, 0.3) is 0 Å². The van der Waals surface area contributed by atoms with Crippen molar-refractivity contribution in [2.45, 2.75) is 95.0 Å². The molecule has 7 atom stereocenters. The van der Waals surface area contributed by atoms with Gasteiger partial charge in [0.25, 0.3) is 0 Å². The first-order valence-corrected chi connectivity index (χ1v) is 30.1. The quantitative estimate of drug-likeness (QED) is 0.0712. The van der Waals surface area contributed by atoms with Crippen LogP contribution in [-0.4, -0.2) is 48.0 Å². The second kappa shape index (κ2) is 22.6. The third-order valence-corrected chi connectivity index (χ3v) is 28.3. The summed E-state index contributed by atoms with van der Waals surface area (Å²) in [5.74, 6) is 2.34. The lowest BCUT2D eigenvalue weighted by Crippen LogP contribution is -2.30. The van der Waals surface area contributed by atoms with Gasteiger partial charge in [-0.25, -0.2) is 0 Å². The number of rotatable bonds is 20. The van der Waals surface area contributed by atoms with Crippen LogP contribution in [0.5, 0.6) is 11.5 Å². The molecular formula is C52H64N2O2P4S2. The van der Waals surface area contributed by atoms with Gasteiger partial charge in [-0.1, -0.05) is 125 Å². The molecule has 326 valence electrons. The molecule has 8 rings (SSSR count). The maximum absolute atomic E-state index is 6.66. The Labute approximate surface area is 385 Å². The highest BCUT2D eigenvalue weighted by atomic mass is 32.1. The third-order valence-electron chi connectivity index (χ3n) is 12.7. The number of para-hydroxylation sites is 1. The van der Waals surface area contributed by atoms with Gasteiger partial charge in [0.2, 0.25) is 0 Å². The normalized spacial score (nSPS) is 21.9. The zero-order valence-electron chi connectivity index (χ0n) is 37.2. The molecule has 62 heavy (non-hydrogen) atoms. The minimum atomic E-state index is -0.911. The average molecular weight is 937 g/mol. The number of hydrogen-bond donors (Lipinski definition) is 0. The van der Waals surface area contributed by atoms with E-state index in [2.05, 4.69) is 168 Å². The van der Waals surface area contributed by atoms with Crippen LogP contribution in [0.1, 0.15) is 106 Å². The van der Waals surface area contributed by atoms with Crippen LogP contribution < -0.4 is 29.3 Å². The van der Waals surface area contributed by atoms with E-state index in [1.807, 2.05) is 36.9 Å². The second-order valence-electron chi connectivity index (χ2n) is 16.4. The molecule has 4 aromatic carbocycles. The van der Waals surface area contributed by atoms with Gasteiger partial charge in [0, 0.05) is 52.3 Å². The predicted octanol–water partition coefficient (Wildman–Crippen LogP) is 14.8. The minimum Gasteiger partial charge on any atom is -0.496 e. The number of thiophene rings is 2. The molecule has 2 aromatic heterocycles. The fourth-order valence-electron chi connectivity index (χ4n) is 9.68. The number of ether oxygens (including phenoxy) is 2. The average Bonchev–Trinajstić information content (AvgIpc) is 4.18. The molecule has 4 nitrogen and oxygen atoms in total. The second-order valence-corrected chi connectivity index (χ2v) is 28.6. The topological polar surface area (TPSA) is 24.9 Å². The van der Waals surface area contributed by atoms with Gasteiger partial charge in [-0.05, 0) is 136 Å². The third kappa shape index (κ3) is 10.0. The van der Waals surface area contributed by atoms with Crippen LogP contribution in [-0.2, 0) is 0 Å². The molecule has 0 amide bonds. The lowest BCUT2D eigenvalue weighted by atomic mass is 9.87. The molecule has 0 spiro atoms. The van der Waals surface area contributed by atoms with Crippen LogP contribution in [0, 0.1) is 0 Å². The van der Waals surface area contributed by atoms with Crippen LogP contribution in [0.3, 0.4) is 0 Å². The predicted molar refractivity (Wildman–Crippen MR) is 278 cm³/mol. The fourth-order valence-corrected chi connectivity index (χ4v) is 27.7. The molecule has 2 aliphatic heterocycles. The molecule has 0 N–H and O–H groups in total. The number of hydrogen-bond acceptors (Lipinski definition) is 6. The Morgan fingerprint density at radius 1 is 0.629 bits per heavy atom. The highest BCUT2D eigenvalue weighted by molar-refractivity contribution is 7.86. The van der Waals surface area contributed by atoms with Crippen LogP contribution >= 0.6 is 55.0 Å². The molecule has 2 aliphatic rings. The highest BCUT2D eigenvalue weighted by Gasteiger charge is 2.50. The standard InChI is InChI=1S/C52H64N2O2P4S2/c1-6-9-33-53(57-35-19-26-43(57)8-3)58(47-28-18-17-27-45(47)55-4)48-32-31-42(38-46(48)56-5)44-39-49(40-22-13-11-14-23-40)59(52(44)41-24-15-12-16-25-41)54(34-10-7-2)60(50-29-20-36-61-50)51-30-21-37-62-51/h11-18,20-25,27-32,36-38,43-44,49,52H,6-10,19,26,33-35,39H2,1-5H3/t43-,44?,49+,52-,57?,58?,59?/m1/s1. The van der Waals surface area contributed by atoms with Crippen LogP contribution in [0.4, 0.5) is 0 Å². The van der Waals surface area contributed by atoms with Crippen molar-refractivity contribution < 1.29 is 9.47 Å². The maximum atomic E-state index is 6.66. The zero-order chi connectivity index (χ0) is 42.8. The van der Waals surface area contributed by atoms with Gasteiger partial charge in [0.1, 0.15) is 11.5 Å². The van der Waals surface area contributed by atoms with Crippen molar-refractivity contribution in [3.63, 3.8) is 0 Å². The Morgan fingerprint density at radius 2 is 1.24 bits per heavy atom. The largest absolute Gasteiger partial charge is 0.496 e. The molecular weight excluding hydrogens is 873 g/mol. The first-order valence-electron chi connectivity index (χ1n) is 22.8. The van der Waals surface area contributed by atoms with E-state index in [4.69, 9.17) is 9.47 Å². The number of nitrogens with zero attached hydrogens (tertiary/aromatic N) is 2. The van der Waals surface area contributed by atoms with Gasteiger partial charge in [-0.3, -0.25) is 8.88 Å². The molecule has 4 unspecified atom stereocenters. The zero-order valence-corrected chi connectivity index (χ0v) is 42.4. The summed E-state index contributed by atoms with van der Waals surface area (Å²) in [4.78, 5) is 0. The summed E-state index contributed by atoms with van der Waals surface area (Å²) in [5, 5.41) is 7.22. The van der Waals surface area contributed by atoms with Crippen molar-refractivity contribution in [2.24, 2.45) is 0 Å². The first-order chi connectivity index (χ1) is 30.6. The summed E-state index contributed by atoms with van der Waals surface area (Å²) in [6, 6.07) is 48.9. The van der Waals surface area contributed by atoms with E-state index >= 15 is 0 Å². The highest BCUT2D eigenvalue weighted by Crippen LogP contribution is 2.79.